The molecule has 0 aromatic heterocycles. The number of aliphatic imine (C=N–C) groups is 1. The summed E-state index contributed by atoms with van der Waals surface area (Å²) in [5, 5.41) is 2.52. The molecule has 0 aliphatic carbocycles. The predicted molar refractivity (Wildman–Crippen MR) is 63.9 cm³/mol. The van der Waals surface area contributed by atoms with Crippen molar-refractivity contribution >= 4 is 17.0 Å². The van der Waals surface area contributed by atoms with Gasteiger partial charge in [0.15, 0.2) is 6.04 Å². The van der Waals surface area contributed by atoms with E-state index >= 15 is 0 Å². The lowest BCUT2D eigenvalue weighted by Crippen LogP contribution is -1.91. The third-order valence-corrected chi connectivity index (χ3v) is 2.62. The quantitative estimate of drug-likeness (QED) is 0.614. The Morgan fingerprint density at radius 1 is 0.933 bits per heavy atom. The molecule has 2 aromatic rings. The molecule has 0 amide bonds. The lowest BCUT2D eigenvalue weighted by atomic mass is 9.99. The van der Waals surface area contributed by atoms with Gasteiger partial charge in [0.25, 0.3) is 0 Å². The minimum absolute atomic E-state index is 1.05. The molecule has 70 valence electrons. The van der Waals surface area contributed by atoms with Gasteiger partial charge in [0.1, 0.15) is 11.8 Å². The molecule has 0 fully saturated rings. The zero-order valence-electron chi connectivity index (χ0n) is 8.22. The van der Waals surface area contributed by atoms with Gasteiger partial charge in [-0.2, -0.15) is 4.99 Å². The monoisotopic (exact) mass is 192 g/mol. The van der Waals surface area contributed by atoms with Gasteiger partial charge in [0, 0.05) is 23.6 Å². The Bertz CT molecular complexity index is 535. The summed E-state index contributed by atoms with van der Waals surface area (Å²) in [4.78, 5) is 4.34. The fourth-order valence-electron chi connectivity index (χ4n) is 1.91. The van der Waals surface area contributed by atoms with Crippen LogP contribution in [0.15, 0.2) is 59.6 Å². The smallest absolute Gasteiger partial charge is 0.153 e. The van der Waals surface area contributed by atoms with Gasteiger partial charge < -0.3 is 0 Å². The van der Waals surface area contributed by atoms with E-state index in [1.807, 2.05) is 18.4 Å². The maximum atomic E-state index is 4.34. The van der Waals surface area contributed by atoms with Crippen LogP contribution in [-0.4, -0.2) is 6.21 Å². The van der Waals surface area contributed by atoms with Crippen molar-refractivity contribution in [1.82, 2.24) is 0 Å². The van der Waals surface area contributed by atoms with Gasteiger partial charge in [-0.25, -0.2) is 0 Å². The van der Waals surface area contributed by atoms with Gasteiger partial charge in [-0.3, -0.25) is 0 Å². The highest BCUT2D eigenvalue weighted by Crippen LogP contribution is 2.27. The highest BCUT2D eigenvalue weighted by molar-refractivity contribution is 5.89. The van der Waals surface area contributed by atoms with Gasteiger partial charge >= 0.3 is 0 Å². The molecule has 0 saturated heterocycles. The number of hydrogen-bond donors (Lipinski definition) is 0. The van der Waals surface area contributed by atoms with E-state index in [4.69, 9.17) is 0 Å². The summed E-state index contributed by atoms with van der Waals surface area (Å²) in [5.41, 5.74) is 1.21. The van der Waals surface area contributed by atoms with Gasteiger partial charge in [-0.15, -0.1) is 0 Å². The molecule has 1 aliphatic heterocycles. The number of nitrogens with zero attached hydrogens (tertiary/aromatic N) is 1. The maximum absolute atomic E-state index is 4.34. The van der Waals surface area contributed by atoms with Gasteiger partial charge in [0.2, 0.25) is 0 Å². The Morgan fingerprint density at radius 3 is 2.67 bits per heavy atom. The highest BCUT2D eigenvalue weighted by Gasteiger charge is 2.18. The topological polar surface area (TPSA) is 12.4 Å². The lowest BCUT2D eigenvalue weighted by Gasteiger charge is -2.02. The van der Waals surface area contributed by atoms with Crippen LogP contribution in [0.1, 0.15) is 5.56 Å². The zero-order valence-corrected chi connectivity index (χ0v) is 8.22. The van der Waals surface area contributed by atoms with Crippen LogP contribution in [0.5, 0.6) is 0 Å². The number of hydrogen-bond acceptors (Lipinski definition) is 1. The second-order valence-corrected chi connectivity index (χ2v) is 3.55. The lowest BCUT2D eigenvalue weighted by molar-refractivity contribution is 1.23. The molecule has 0 atom stereocenters. The molecular weight excluding hydrogens is 182 g/mol. The van der Waals surface area contributed by atoms with Gasteiger partial charge in [-0.05, 0) is 24.3 Å². The number of allylic oxidation sites excluding steroid dienone is 1. The first kappa shape index (κ1) is 8.30. The molecule has 1 heterocycles. The second-order valence-electron chi connectivity index (χ2n) is 3.55. The van der Waals surface area contributed by atoms with E-state index in [0.717, 1.165) is 6.04 Å². The molecule has 15 heavy (non-hydrogen) atoms. The minimum Gasteiger partial charge on any atom is -0.170 e. The Labute approximate surface area is 88.8 Å². The van der Waals surface area contributed by atoms with Crippen LogP contribution >= 0.6 is 0 Å². The molecule has 3 rings (SSSR count). The zero-order chi connectivity index (χ0) is 10.1. The fourth-order valence-corrected chi connectivity index (χ4v) is 1.91. The molecule has 0 bridgehead atoms. The summed E-state index contributed by atoms with van der Waals surface area (Å²) < 4.78 is 0. The predicted octanol–water partition coefficient (Wildman–Crippen LogP) is 3.36. The first-order valence-electron chi connectivity index (χ1n) is 5.01. The summed E-state index contributed by atoms with van der Waals surface area (Å²) in [7, 11) is 0. The Kier molecular flexibility index (Phi) is 1.82. The standard InChI is InChI=1S/C14H10N/c1-2-7-12-11(5-1)6-3-8-13(12)14-9-4-10-15-14/h1-10H/q+1. The third kappa shape index (κ3) is 1.33. The maximum Gasteiger partial charge on any atom is 0.153 e. The van der Waals surface area contributed by atoms with Crippen molar-refractivity contribution in [3.05, 3.63) is 66.2 Å². The number of fused-ring (bicyclic) bond motifs is 1. The van der Waals surface area contributed by atoms with Crippen LogP contribution in [-0.2, 0) is 0 Å². The van der Waals surface area contributed by atoms with E-state index in [2.05, 4.69) is 47.5 Å². The fraction of sp³-hybridized carbons (Fsp3) is 0. The number of rotatable bonds is 1. The van der Waals surface area contributed by atoms with Gasteiger partial charge in [0.05, 0.1) is 5.39 Å². The van der Waals surface area contributed by atoms with Crippen LogP contribution in [0.2, 0.25) is 0 Å². The summed E-state index contributed by atoms with van der Waals surface area (Å²) >= 11 is 0. The summed E-state index contributed by atoms with van der Waals surface area (Å²) in [6.07, 6.45) is 5.84. The Hall–Kier alpha value is -2.02. The first-order valence-corrected chi connectivity index (χ1v) is 5.01. The summed E-state index contributed by atoms with van der Waals surface area (Å²) in [6, 6.07) is 15.8. The Balaban J connectivity index is 2.26. The normalized spacial score (nSPS) is 14.0. The molecule has 1 heteroatoms. The van der Waals surface area contributed by atoms with E-state index < -0.39 is 0 Å². The molecule has 1 aliphatic rings. The van der Waals surface area contributed by atoms with Crippen molar-refractivity contribution in [1.29, 1.82) is 0 Å². The minimum atomic E-state index is 1.05. The molecule has 0 N–H and O–H groups in total. The molecular formula is C14H10N+. The van der Waals surface area contributed by atoms with E-state index in [-0.39, 0.29) is 0 Å². The highest BCUT2D eigenvalue weighted by atomic mass is 14.8. The summed E-state index contributed by atoms with van der Waals surface area (Å²) in [6.45, 7) is 0. The van der Waals surface area contributed by atoms with Crippen LogP contribution in [0, 0.1) is 6.04 Å². The van der Waals surface area contributed by atoms with Crippen molar-refractivity contribution in [3.8, 4) is 0 Å². The Morgan fingerprint density at radius 2 is 1.80 bits per heavy atom. The van der Waals surface area contributed by atoms with E-state index in [0.29, 0.717) is 0 Å². The van der Waals surface area contributed by atoms with E-state index in [1.165, 1.54) is 16.3 Å². The average molecular weight is 192 g/mol. The van der Waals surface area contributed by atoms with Crippen molar-refractivity contribution in [3.63, 3.8) is 0 Å². The van der Waals surface area contributed by atoms with Crippen LogP contribution < -0.4 is 0 Å². The molecule has 0 spiro atoms. The van der Waals surface area contributed by atoms with Crippen molar-refractivity contribution in [2.75, 3.05) is 0 Å². The third-order valence-electron chi connectivity index (χ3n) is 2.62. The van der Waals surface area contributed by atoms with Crippen LogP contribution in [0.3, 0.4) is 0 Å². The molecule has 0 radical (unpaired) electrons. The van der Waals surface area contributed by atoms with E-state index in [1.54, 1.807) is 0 Å². The molecule has 2 aromatic carbocycles. The summed E-state index contributed by atoms with van der Waals surface area (Å²) in [5.74, 6) is 0. The van der Waals surface area contributed by atoms with Crippen LogP contribution in [0.4, 0.5) is 0 Å². The largest absolute Gasteiger partial charge is 0.170 e. The molecule has 0 unspecified atom stereocenters. The number of benzene rings is 2. The SMILES string of the molecule is C1=C[C+](c2cccc3ccccc23)N=C1. The van der Waals surface area contributed by atoms with Gasteiger partial charge in [-0.1, -0.05) is 12.1 Å². The van der Waals surface area contributed by atoms with Crippen molar-refractivity contribution in [2.24, 2.45) is 4.99 Å². The van der Waals surface area contributed by atoms with E-state index in [9.17, 15) is 0 Å². The van der Waals surface area contributed by atoms with Crippen molar-refractivity contribution < 1.29 is 0 Å². The molecule has 0 saturated carbocycles. The second kappa shape index (κ2) is 3.28. The molecule has 1 nitrogen and oxygen atoms in total. The van der Waals surface area contributed by atoms with Crippen molar-refractivity contribution in [2.45, 2.75) is 0 Å². The average Bonchev–Trinajstić information content (AvgIpc) is 2.82. The first-order chi connectivity index (χ1) is 7.45. The van der Waals surface area contributed by atoms with Crippen LogP contribution in [0.25, 0.3) is 10.8 Å².